The molecule has 1 aliphatic carbocycles. The number of aromatic nitrogens is 3. The Kier molecular flexibility index (Phi) is 6.71. The standard InChI is InChI=1S/C24H22F5N5O3S/c25-16-3-6-19(7-4-16)38(36,37)34-13-17(26)9-20(34)23(35)31-10-15-12-33(32-22(15)14-1-2-14)18-5-8-21(30-11-18)24(27,28)29/h3-8,11-12,14,17,20H,1-2,9-10,13H2,(H,31,35)/t17-,20+/m1/s1. The van der Waals surface area contributed by atoms with Crippen LogP contribution in [0.4, 0.5) is 22.0 Å². The first-order valence-electron chi connectivity index (χ1n) is 11.7. The maximum Gasteiger partial charge on any atom is 0.433 e. The maximum atomic E-state index is 14.3. The van der Waals surface area contributed by atoms with Crippen LogP contribution in [0.2, 0.25) is 0 Å². The molecular formula is C24H22F5N5O3S. The zero-order valence-electron chi connectivity index (χ0n) is 19.7. The molecule has 1 N–H and O–H groups in total. The summed E-state index contributed by atoms with van der Waals surface area (Å²) in [5.74, 6) is -1.22. The first-order valence-corrected chi connectivity index (χ1v) is 13.2. The largest absolute Gasteiger partial charge is 0.433 e. The van der Waals surface area contributed by atoms with Gasteiger partial charge in [-0.1, -0.05) is 0 Å². The number of sulfonamides is 1. The Hall–Kier alpha value is -3.39. The molecule has 38 heavy (non-hydrogen) atoms. The van der Waals surface area contributed by atoms with Crippen LogP contribution < -0.4 is 5.32 Å². The van der Waals surface area contributed by atoms with Gasteiger partial charge in [-0.05, 0) is 49.2 Å². The first kappa shape index (κ1) is 26.2. The summed E-state index contributed by atoms with van der Waals surface area (Å²) in [4.78, 5) is 16.2. The van der Waals surface area contributed by atoms with Gasteiger partial charge in [0.15, 0.2) is 0 Å². The summed E-state index contributed by atoms with van der Waals surface area (Å²) in [7, 11) is -4.26. The molecule has 3 aromatic rings. The fourth-order valence-corrected chi connectivity index (χ4v) is 6.01. The number of benzene rings is 1. The lowest BCUT2D eigenvalue weighted by Gasteiger charge is -2.23. The van der Waals surface area contributed by atoms with Gasteiger partial charge in [-0.25, -0.2) is 26.9 Å². The number of carbonyl (C=O) groups excluding carboxylic acids is 1. The van der Waals surface area contributed by atoms with E-state index in [9.17, 15) is 35.2 Å². The van der Waals surface area contributed by atoms with Gasteiger partial charge in [0.2, 0.25) is 15.9 Å². The van der Waals surface area contributed by atoms with Gasteiger partial charge in [-0.2, -0.15) is 22.6 Å². The molecule has 3 heterocycles. The highest BCUT2D eigenvalue weighted by Gasteiger charge is 2.44. The zero-order chi connectivity index (χ0) is 27.2. The van der Waals surface area contributed by atoms with Crippen molar-refractivity contribution in [3.63, 3.8) is 0 Å². The van der Waals surface area contributed by atoms with Crippen LogP contribution in [-0.2, 0) is 27.5 Å². The number of alkyl halides is 4. The van der Waals surface area contributed by atoms with Crippen molar-refractivity contribution in [3.05, 3.63) is 71.6 Å². The van der Waals surface area contributed by atoms with Gasteiger partial charge in [0.05, 0.1) is 22.5 Å². The van der Waals surface area contributed by atoms with Crippen LogP contribution in [0, 0.1) is 5.82 Å². The molecule has 1 saturated carbocycles. The normalized spacial score (nSPS) is 20.6. The summed E-state index contributed by atoms with van der Waals surface area (Å²) in [6.45, 7) is -0.555. The fourth-order valence-electron chi connectivity index (χ4n) is 4.38. The third kappa shape index (κ3) is 5.27. The average Bonchev–Trinajstić information content (AvgIpc) is 3.50. The number of hydrogen-bond acceptors (Lipinski definition) is 5. The Morgan fingerprint density at radius 2 is 1.82 bits per heavy atom. The number of carbonyl (C=O) groups is 1. The van der Waals surface area contributed by atoms with E-state index in [0.29, 0.717) is 16.9 Å². The number of nitrogens with zero attached hydrogens (tertiary/aromatic N) is 4. The van der Waals surface area contributed by atoms with Crippen LogP contribution in [0.5, 0.6) is 0 Å². The molecular weight excluding hydrogens is 533 g/mol. The Balaban J connectivity index is 1.33. The molecule has 2 aliphatic rings. The molecule has 1 aromatic carbocycles. The highest BCUT2D eigenvalue weighted by molar-refractivity contribution is 7.89. The van der Waals surface area contributed by atoms with Crippen molar-refractivity contribution < 1.29 is 35.2 Å². The second kappa shape index (κ2) is 9.73. The summed E-state index contributed by atoms with van der Waals surface area (Å²) < 4.78 is 94.3. The molecule has 1 amide bonds. The van der Waals surface area contributed by atoms with Crippen molar-refractivity contribution in [3.8, 4) is 5.69 Å². The van der Waals surface area contributed by atoms with E-state index in [0.717, 1.165) is 53.7 Å². The first-order chi connectivity index (χ1) is 17.9. The molecule has 2 atom stereocenters. The summed E-state index contributed by atoms with van der Waals surface area (Å²) in [5, 5.41) is 7.12. The van der Waals surface area contributed by atoms with Crippen LogP contribution in [0.15, 0.2) is 53.7 Å². The van der Waals surface area contributed by atoms with Gasteiger partial charge < -0.3 is 5.32 Å². The van der Waals surface area contributed by atoms with Crippen LogP contribution in [0.3, 0.4) is 0 Å². The molecule has 1 aliphatic heterocycles. The lowest BCUT2D eigenvalue weighted by molar-refractivity contribution is -0.141. The minimum atomic E-state index is -4.58. The molecule has 1 saturated heterocycles. The third-order valence-corrected chi connectivity index (χ3v) is 8.36. The highest BCUT2D eigenvalue weighted by Crippen LogP contribution is 2.41. The SMILES string of the molecule is O=C(NCc1cn(-c2ccc(C(F)(F)F)nc2)nc1C1CC1)[C@@H]1C[C@@H](F)CN1S(=O)(=O)c1ccc(F)cc1. The number of rotatable bonds is 7. The zero-order valence-corrected chi connectivity index (χ0v) is 20.5. The molecule has 0 spiro atoms. The second-order valence-corrected chi connectivity index (χ2v) is 11.1. The molecule has 2 aromatic heterocycles. The summed E-state index contributed by atoms with van der Waals surface area (Å²) in [6, 6.07) is 4.81. The van der Waals surface area contributed by atoms with Crippen LogP contribution in [0.1, 0.15) is 42.1 Å². The number of amides is 1. The van der Waals surface area contributed by atoms with E-state index >= 15 is 0 Å². The second-order valence-electron chi connectivity index (χ2n) is 9.25. The minimum absolute atomic E-state index is 0.0450. The molecule has 5 rings (SSSR count). The van der Waals surface area contributed by atoms with Gasteiger partial charge in [-0.3, -0.25) is 4.79 Å². The molecule has 0 radical (unpaired) electrons. The number of halogens is 5. The predicted octanol–water partition coefficient (Wildman–Crippen LogP) is 3.72. The van der Waals surface area contributed by atoms with E-state index in [1.807, 2.05) is 0 Å². The van der Waals surface area contributed by atoms with Crippen LogP contribution >= 0.6 is 0 Å². The monoisotopic (exact) mass is 555 g/mol. The van der Waals surface area contributed by atoms with Gasteiger partial charge in [0.25, 0.3) is 0 Å². The Labute approximate surface area is 214 Å². The van der Waals surface area contributed by atoms with E-state index in [-0.39, 0.29) is 23.8 Å². The molecule has 2 fully saturated rings. The Morgan fingerprint density at radius 1 is 1.11 bits per heavy atom. The average molecular weight is 556 g/mol. The van der Waals surface area contributed by atoms with E-state index in [1.54, 1.807) is 6.20 Å². The van der Waals surface area contributed by atoms with Crippen molar-refractivity contribution in [2.24, 2.45) is 0 Å². The van der Waals surface area contributed by atoms with E-state index in [1.165, 1.54) is 10.7 Å². The van der Waals surface area contributed by atoms with E-state index in [2.05, 4.69) is 15.4 Å². The van der Waals surface area contributed by atoms with Gasteiger partial charge >= 0.3 is 6.18 Å². The number of hydrogen-bond donors (Lipinski definition) is 1. The smallest absolute Gasteiger partial charge is 0.350 e. The minimum Gasteiger partial charge on any atom is -0.350 e. The number of nitrogens with one attached hydrogen (secondary N) is 1. The summed E-state index contributed by atoms with van der Waals surface area (Å²) >= 11 is 0. The van der Waals surface area contributed by atoms with Crippen molar-refractivity contribution in [1.29, 1.82) is 0 Å². The number of pyridine rings is 1. The molecule has 8 nitrogen and oxygen atoms in total. The van der Waals surface area contributed by atoms with E-state index in [4.69, 9.17) is 0 Å². The fraction of sp³-hybridized carbons (Fsp3) is 0.375. The van der Waals surface area contributed by atoms with Crippen molar-refractivity contribution in [2.45, 2.75) is 55.0 Å². The molecule has 14 heteroatoms. The van der Waals surface area contributed by atoms with Crippen LogP contribution in [0.25, 0.3) is 5.69 Å². The lowest BCUT2D eigenvalue weighted by Crippen LogP contribution is -2.45. The van der Waals surface area contributed by atoms with E-state index < -0.39 is 52.4 Å². The summed E-state index contributed by atoms with van der Waals surface area (Å²) in [5.41, 5.74) is 0.524. The van der Waals surface area contributed by atoms with Gasteiger partial charge in [0.1, 0.15) is 23.7 Å². The van der Waals surface area contributed by atoms with Gasteiger partial charge in [-0.15, -0.1) is 0 Å². The Bertz CT molecular complexity index is 1440. The molecule has 202 valence electrons. The van der Waals surface area contributed by atoms with Gasteiger partial charge in [0, 0.05) is 37.2 Å². The van der Waals surface area contributed by atoms with Crippen molar-refractivity contribution in [1.82, 2.24) is 24.4 Å². The topological polar surface area (TPSA) is 97.2 Å². The van der Waals surface area contributed by atoms with Crippen LogP contribution in [-0.4, -0.2) is 52.2 Å². The molecule has 0 unspecified atom stereocenters. The lowest BCUT2D eigenvalue weighted by atomic mass is 10.1. The predicted molar refractivity (Wildman–Crippen MR) is 124 cm³/mol. The third-order valence-electron chi connectivity index (χ3n) is 6.47. The highest BCUT2D eigenvalue weighted by atomic mass is 32.2. The quantitative estimate of drug-likeness (QED) is 0.449. The summed E-state index contributed by atoms with van der Waals surface area (Å²) in [6.07, 6.45) is -2.13. The maximum absolute atomic E-state index is 14.3. The Morgan fingerprint density at radius 3 is 2.42 bits per heavy atom. The van der Waals surface area contributed by atoms with Crippen molar-refractivity contribution in [2.75, 3.05) is 6.54 Å². The molecule has 0 bridgehead atoms. The van der Waals surface area contributed by atoms with Crippen molar-refractivity contribution >= 4 is 15.9 Å².